The normalized spacial score (nSPS) is 16.4. The highest BCUT2D eigenvalue weighted by atomic mass is 16.1. The number of amides is 1. The lowest BCUT2D eigenvalue weighted by Gasteiger charge is -2.17. The molecule has 5 heteroatoms. The predicted octanol–water partition coefficient (Wildman–Crippen LogP) is 0.893. The van der Waals surface area contributed by atoms with E-state index in [-0.39, 0.29) is 11.8 Å². The number of anilines is 1. The van der Waals surface area contributed by atoms with Gasteiger partial charge in [-0.25, -0.2) is 4.98 Å². The molecule has 2 heterocycles. The van der Waals surface area contributed by atoms with Gasteiger partial charge in [0.1, 0.15) is 5.82 Å². The van der Waals surface area contributed by atoms with Crippen molar-refractivity contribution in [3.05, 3.63) is 23.9 Å². The van der Waals surface area contributed by atoms with Gasteiger partial charge in [0.15, 0.2) is 0 Å². The fourth-order valence-electron chi connectivity index (χ4n) is 2.16. The Balaban J connectivity index is 1.93. The molecule has 1 saturated heterocycles. The second kappa shape index (κ2) is 6.52. The topological polar surface area (TPSA) is 71.2 Å². The van der Waals surface area contributed by atoms with Crippen LogP contribution in [0.4, 0.5) is 5.82 Å². The van der Waals surface area contributed by atoms with E-state index in [0.717, 1.165) is 24.5 Å². The maximum absolute atomic E-state index is 11.7. The van der Waals surface area contributed by atoms with Crippen LogP contribution in [0, 0.1) is 5.92 Å². The first-order chi connectivity index (χ1) is 9.20. The summed E-state index contributed by atoms with van der Waals surface area (Å²) in [6.07, 6.45) is 4.27. The molecule has 1 aliphatic rings. The van der Waals surface area contributed by atoms with Crippen LogP contribution >= 0.6 is 0 Å². The van der Waals surface area contributed by atoms with Crippen molar-refractivity contribution >= 4 is 11.7 Å². The van der Waals surface area contributed by atoms with E-state index >= 15 is 0 Å². The van der Waals surface area contributed by atoms with Crippen LogP contribution < -0.4 is 16.0 Å². The molecule has 1 amide bonds. The molecule has 0 radical (unpaired) electrons. The van der Waals surface area contributed by atoms with Crippen molar-refractivity contribution in [1.82, 2.24) is 10.3 Å². The van der Waals surface area contributed by atoms with Crippen molar-refractivity contribution in [2.24, 2.45) is 11.7 Å². The molecule has 0 saturated carbocycles. The second-order valence-corrected chi connectivity index (χ2v) is 5.07. The van der Waals surface area contributed by atoms with E-state index in [1.165, 1.54) is 12.8 Å². The van der Waals surface area contributed by atoms with E-state index < -0.39 is 0 Å². The van der Waals surface area contributed by atoms with E-state index in [1.807, 2.05) is 19.2 Å². The number of nitrogens with two attached hydrogens (primary N) is 1. The Hall–Kier alpha value is -1.62. The van der Waals surface area contributed by atoms with Crippen LogP contribution in [-0.2, 0) is 11.3 Å². The van der Waals surface area contributed by atoms with Crippen LogP contribution in [0.15, 0.2) is 18.3 Å². The zero-order valence-electron chi connectivity index (χ0n) is 11.4. The van der Waals surface area contributed by atoms with Gasteiger partial charge in [-0.3, -0.25) is 4.79 Å². The minimum atomic E-state index is -0.139. The standard InChI is InChI=1S/C14H22N4O/c1-11(9-15)14(19)17-10-12-4-5-16-13(8-12)18-6-2-3-7-18/h4-5,8,11H,2-3,6-7,9-10,15H2,1H3,(H,17,19). The van der Waals surface area contributed by atoms with Gasteiger partial charge in [0.2, 0.25) is 5.91 Å². The third kappa shape index (κ3) is 3.67. The molecular formula is C14H22N4O. The zero-order chi connectivity index (χ0) is 13.7. The largest absolute Gasteiger partial charge is 0.357 e. The van der Waals surface area contributed by atoms with Gasteiger partial charge < -0.3 is 16.0 Å². The first-order valence-corrected chi connectivity index (χ1v) is 6.88. The number of hydrogen-bond acceptors (Lipinski definition) is 4. The molecule has 0 spiro atoms. The molecular weight excluding hydrogens is 240 g/mol. The molecule has 5 nitrogen and oxygen atoms in total. The molecule has 19 heavy (non-hydrogen) atoms. The minimum Gasteiger partial charge on any atom is -0.357 e. The average Bonchev–Trinajstić information content (AvgIpc) is 2.98. The molecule has 0 bridgehead atoms. The SMILES string of the molecule is CC(CN)C(=O)NCc1ccnc(N2CCCC2)c1. The van der Waals surface area contributed by atoms with Crippen LogP contribution in [0.25, 0.3) is 0 Å². The van der Waals surface area contributed by atoms with E-state index in [0.29, 0.717) is 13.1 Å². The maximum Gasteiger partial charge on any atom is 0.224 e. The Bertz CT molecular complexity index is 429. The van der Waals surface area contributed by atoms with Crippen LogP contribution in [0.5, 0.6) is 0 Å². The summed E-state index contributed by atoms with van der Waals surface area (Å²) in [5, 5.41) is 2.90. The van der Waals surface area contributed by atoms with Crippen LogP contribution in [0.2, 0.25) is 0 Å². The Labute approximate surface area is 114 Å². The lowest BCUT2D eigenvalue weighted by Crippen LogP contribution is -2.32. The maximum atomic E-state index is 11.7. The van der Waals surface area contributed by atoms with Gasteiger partial charge in [0.05, 0.1) is 0 Å². The molecule has 3 N–H and O–H groups in total. The van der Waals surface area contributed by atoms with Gasteiger partial charge in [-0.1, -0.05) is 6.92 Å². The fourth-order valence-corrected chi connectivity index (χ4v) is 2.16. The van der Waals surface area contributed by atoms with E-state index in [4.69, 9.17) is 5.73 Å². The number of nitrogens with one attached hydrogen (secondary N) is 1. The van der Waals surface area contributed by atoms with Gasteiger partial charge in [0, 0.05) is 38.3 Å². The zero-order valence-corrected chi connectivity index (χ0v) is 11.4. The molecule has 104 valence electrons. The molecule has 1 aliphatic heterocycles. The van der Waals surface area contributed by atoms with Crippen molar-refractivity contribution in [2.45, 2.75) is 26.3 Å². The number of pyridine rings is 1. The summed E-state index contributed by atoms with van der Waals surface area (Å²) in [5.74, 6) is 0.873. The number of rotatable bonds is 5. The molecule has 1 atom stereocenters. The summed E-state index contributed by atoms with van der Waals surface area (Å²) in [6.45, 7) is 4.89. The lowest BCUT2D eigenvalue weighted by molar-refractivity contribution is -0.124. The highest BCUT2D eigenvalue weighted by Crippen LogP contribution is 2.18. The third-order valence-electron chi connectivity index (χ3n) is 3.51. The first kappa shape index (κ1) is 13.8. The van der Waals surface area contributed by atoms with Gasteiger partial charge in [0.25, 0.3) is 0 Å². The molecule has 2 rings (SSSR count). The quantitative estimate of drug-likeness (QED) is 0.827. The molecule has 1 aromatic rings. The summed E-state index contributed by atoms with van der Waals surface area (Å²) < 4.78 is 0. The van der Waals surface area contributed by atoms with Gasteiger partial charge in [-0.15, -0.1) is 0 Å². The van der Waals surface area contributed by atoms with Crippen molar-refractivity contribution in [2.75, 3.05) is 24.5 Å². The Kier molecular flexibility index (Phi) is 4.74. The summed E-state index contributed by atoms with van der Waals surface area (Å²) in [7, 11) is 0. The summed E-state index contributed by atoms with van der Waals surface area (Å²) >= 11 is 0. The Morgan fingerprint density at radius 1 is 1.53 bits per heavy atom. The smallest absolute Gasteiger partial charge is 0.224 e. The van der Waals surface area contributed by atoms with Gasteiger partial charge >= 0.3 is 0 Å². The summed E-state index contributed by atoms with van der Waals surface area (Å²) in [6, 6.07) is 3.99. The summed E-state index contributed by atoms with van der Waals surface area (Å²) in [4.78, 5) is 18.3. The van der Waals surface area contributed by atoms with E-state index in [2.05, 4.69) is 21.3 Å². The van der Waals surface area contributed by atoms with Crippen LogP contribution in [-0.4, -0.2) is 30.5 Å². The highest BCUT2D eigenvalue weighted by molar-refractivity contribution is 5.78. The van der Waals surface area contributed by atoms with E-state index in [1.54, 1.807) is 0 Å². The first-order valence-electron chi connectivity index (χ1n) is 6.88. The average molecular weight is 262 g/mol. The number of carbonyl (C=O) groups excluding carboxylic acids is 1. The Morgan fingerprint density at radius 2 is 2.26 bits per heavy atom. The number of carbonyl (C=O) groups is 1. The number of hydrogen-bond donors (Lipinski definition) is 2. The fraction of sp³-hybridized carbons (Fsp3) is 0.571. The van der Waals surface area contributed by atoms with Crippen molar-refractivity contribution in [1.29, 1.82) is 0 Å². The van der Waals surface area contributed by atoms with Gasteiger partial charge in [-0.2, -0.15) is 0 Å². The molecule has 0 aromatic carbocycles. The number of nitrogens with zero attached hydrogens (tertiary/aromatic N) is 2. The summed E-state index contributed by atoms with van der Waals surface area (Å²) in [5.41, 5.74) is 6.55. The molecule has 1 unspecified atom stereocenters. The molecule has 0 aliphatic carbocycles. The van der Waals surface area contributed by atoms with Gasteiger partial charge in [-0.05, 0) is 30.5 Å². The van der Waals surface area contributed by atoms with Crippen LogP contribution in [0.3, 0.4) is 0 Å². The number of aromatic nitrogens is 1. The van der Waals surface area contributed by atoms with Crippen molar-refractivity contribution in [3.63, 3.8) is 0 Å². The predicted molar refractivity (Wildman–Crippen MR) is 75.7 cm³/mol. The van der Waals surface area contributed by atoms with Crippen molar-refractivity contribution in [3.8, 4) is 0 Å². The van der Waals surface area contributed by atoms with Crippen molar-refractivity contribution < 1.29 is 4.79 Å². The lowest BCUT2D eigenvalue weighted by atomic mass is 10.1. The Morgan fingerprint density at radius 3 is 2.95 bits per heavy atom. The molecule has 1 fully saturated rings. The molecule has 1 aromatic heterocycles. The second-order valence-electron chi connectivity index (χ2n) is 5.07. The monoisotopic (exact) mass is 262 g/mol. The van der Waals surface area contributed by atoms with Crippen LogP contribution in [0.1, 0.15) is 25.3 Å². The third-order valence-corrected chi connectivity index (χ3v) is 3.51. The van der Waals surface area contributed by atoms with E-state index in [9.17, 15) is 4.79 Å². The highest BCUT2D eigenvalue weighted by Gasteiger charge is 2.14. The minimum absolute atomic E-state index is 0.00188.